The normalized spacial score (nSPS) is 16.0. The number of ether oxygens (including phenoxy) is 1. The molecule has 25 heavy (non-hydrogen) atoms. The number of rotatable bonds is 4. The highest BCUT2D eigenvalue weighted by Crippen LogP contribution is 2.35. The van der Waals surface area contributed by atoms with Crippen molar-refractivity contribution in [3.8, 4) is 5.75 Å². The van der Waals surface area contributed by atoms with E-state index in [-0.39, 0.29) is 11.8 Å². The van der Waals surface area contributed by atoms with Crippen molar-refractivity contribution in [2.24, 2.45) is 5.73 Å². The maximum absolute atomic E-state index is 12.9. The number of primary amides is 1. The Bertz CT molecular complexity index is 830. The van der Waals surface area contributed by atoms with Crippen LogP contribution in [0.3, 0.4) is 0 Å². The largest absolute Gasteiger partial charge is 0.497 e. The molecule has 1 aliphatic carbocycles. The van der Waals surface area contributed by atoms with Gasteiger partial charge >= 0.3 is 0 Å². The van der Waals surface area contributed by atoms with Gasteiger partial charge in [0, 0.05) is 11.3 Å². The smallest absolute Gasteiger partial charge is 0.249 e. The van der Waals surface area contributed by atoms with Crippen molar-refractivity contribution in [3.63, 3.8) is 0 Å². The van der Waals surface area contributed by atoms with Crippen LogP contribution in [0.4, 0.5) is 5.69 Å². The van der Waals surface area contributed by atoms with E-state index in [2.05, 4.69) is 5.32 Å². The Labute approximate surface area is 147 Å². The molecule has 130 valence electrons. The zero-order valence-electron chi connectivity index (χ0n) is 14.5. The molecule has 1 atom stereocenters. The van der Waals surface area contributed by atoms with Crippen molar-refractivity contribution in [2.45, 2.75) is 32.1 Å². The first-order chi connectivity index (χ1) is 12.0. The highest BCUT2D eigenvalue weighted by Gasteiger charge is 2.27. The van der Waals surface area contributed by atoms with Gasteiger partial charge in [0.05, 0.1) is 13.0 Å². The Kier molecular flexibility index (Phi) is 4.74. The Morgan fingerprint density at radius 3 is 2.76 bits per heavy atom. The summed E-state index contributed by atoms with van der Waals surface area (Å²) in [7, 11) is 1.64. The minimum Gasteiger partial charge on any atom is -0.497 e. The molecule has 0 aromatic heterocycles. The van der Waals surface area contributed by atoms with Crippen molar-refractivity contribution in [1.82, 2.24) is 0 Å². The summed E-state index contributed by atoms with van der Waals surface area (Å²) < 4.78 is 5.28. The van der Waals surface area contributed by atoms with Crippen LogP contribution in [0.5, 0.6) is 5.75 Å². The van der Waals surface area contributed by atoms with Crippen molar-refractivity contribution in [1.29, 1.82) is 0 Å². The van der Waals surface area contributed by atoms with Crippen LogP contribution in [0.15, 0.2) is 36.4 Å². The number of carbonyl (C=O) groups excluding carboxylic acids is 2. The van der Waals surface area contributed by atoms with E-state index in [9.17, 15) is 9.59 Å². The molecule has 5 heteroatoms. The van der Waals surface area contributed by atoms with Gasteiger partial charge in [0.1, 0.15) is 5.75 Å². The standard InChI is InChI=1S/C20H22N2O3/c1-12-15(19(21)23)6-4-8-18(12)22-20(24)17-7-3-5-13-11-14(25-2)9-10-16(13)17/h4,6,8-11,17H,3,5,7H2,1-2H3,(H2,21,23)(H,22,24). The van der Waals surface area contributed by atoms with Crippen LogP contribution in [0, 0.1) is 6.92 Å². The van der Waals surface area contributed by atoms with E-state index in [4.69, 9.17) is 10.5 Å². The number of aryl methyl sites for hydroxylation is 1. The van der Waals surface area contributed by atoms with Crippen molar-refractivity contribution in [2.75, 3.05) is 12.4 Å². The van der Waals surface area contributed by atoms with Gasteiger partial charge in [-0.3, -0.25) is 9.59 Å². The molecule has 3 N–H and O–H groups in total. The first kappa shape index (κ1) is 17.0. The molecule has 2 amide bonds. The van der Waals surface area contributed by atoms with Gasteiger partial charge in [0.15, 0.2) is 0 Å². The summed E-state index contributed by atoms with van der Waals surface area (Å²) in [6.45, 7) is 1.79. The van der Waals surface area contributed by atoms with Crippen LogP contribution in [-0.2, 0) is 11.2 Å². The molecule has 5 nitrogen and oxygen atoms in total. The number of benzene rings is 2. The second-order valence-corrected chi connectivity index (χ2v) is 6.34. The molecule has 0 aliphatic heterocycles. The number of hydrogen-bond donors (Lipinski definition) is 2. The second kappa shape index (κ2) is 6.97. The van der Waals surface area contributed by atoms with Gasteiger partial charge in [0.2, 0.25) is 11.8 Å². The van der Waals surface area contributed by atoms with Crippen molar-refractivity contribution in [3.05, 3.63) is 58.7 Å². The van der Waals surface area contributed by atoms with E-state index in [1.165, 1.54) is 0 Å². The van der Waals surface area contributed by atoms with Gasteiger partial charge in [-0.15, -0.1) is 0 Å². The monoisotopic (exact) mass is 338 g/mol. The average Bonchev–Trinajstić information content (AvgIpc) is 2.62. The molecule has 1 unspecified atom stereocenters. The minimum absolute atomic E-state index is 0.0594. The summed E-state index contributed by atoms with van der Waals surface area (Å²) >= 11 is 0. The highest BCUT2D eigenvalue weighted by atomic mass is 16.5. The first-order valence-corrected chi connectivity index (χ1v) is 8.38. The van der Waals surface area contributed by atoms with Gasteiger partial charge in [-0.1, -0.05) is 12.1 Å². The van der Waals surface area contributed by atoms with E-state index in [0.717, 1.165) is 36.1 Å². The van der Waals surface area contributed by atoms with E-state index >= 15 is 0 Å². The molecule has 2 aromatic carbocycles. The van der Waals surface area contributed by atoms with Crippen molar-refractivity contribution < 1.29 is 14.3 Å². The molecule has 2 aromatic rings. The summed E-state index contributed by atoms with van der Waals surface area (Å²) in [5.74, 6) is 0.0515. The number of anilines is 1. The lowest BCUT2D eigenvalue weighted by atomic mass is 9.82. The molecular weight excluding hydrogens is 316 g/mol. The Hall–Kier alpha value is -2.82. The van der Waals surface area contributed by atoms with Gasteiger partial charge in [-0.2, -0.15) is 0 Å². The van der Waals surface area contributed by atoms with Crippen molar-refractivity contribution >= 4 is 17.5 Å². The number of methoxy groups -OCH3 is 1. The van der Waals surface area contributed by atoms with Gasteiger partial charge in [0.25, 0.3) is 0 Å². The predicted molar refractivity (Wildman–Crippen MR) is 97.0 cm³/mol. The summed E-state index contributed by atoms with van der Waals surface area (Å²) in [6, 6.07) is 11.1. The van der Waals surface area contributed by atoms with E-state index in [1.54, 1.807) is 32.2 Å². The Balaban J connectivity index is 1.86. The zero-order chi connectivity index (χ0) is 18.0. The molecule has 0 bridgehead atoms. The first-order valence-electron chi connectivity index (χ1n) is 8.38. The van der Waals surface area contributed by atoms with E-state index < -0.39 is 5.91 Å². The fourth-order valence-electron chi connectivity index (χ4n) is 3.45. The lowest BCUT2D eigenvalue weighted by molar-refractivity contribution is -0.117. The number of nitrogens with two attached hydrogens (primary N) is 1. The fourth-order valence-corrected chi connectivity index (χ4v) is 3.45. The van der Waals surface area contributed by atoms with Crippen LogP contribution in [0.1, 0.15) is 45.8 Å². The lowest BCUT2D eigenvalue weighted by Crippen LogP contribution is -2.25. The zero-order valence-corrected chi connectivity index (χ0v) is 14.5. The number of nitrogens with one attached hydrogen (secondary N) is 1. The highest BCUT2D eigenvalue weighted by molar-refractivity contribution is 6.00. The molecular formula is C20H22N2O3. The molecule has 0 heterocycles. The lowest BCUT2D eigenvalue weighted by Gasteiger charge is -2.25. The molecule has 0 saturated carbocycles. The van der Waals surface area contributed by atoms with Crippen LogP contribution in [-0.4, -0.2) is 18.9 Å². The van der Waals surface area contributed by atoms with Gasteiger partial charge in [-0.05, 0) is 67.1 Å². The van der Waals surface area contributed by atoms with Crippen LogP contribution >= 0.6 is 0 Å². The van der Waals surface area contributed by atoms with Crippen LogP contribution in [0.2, 0.25) is 0 Å². The van der Waals surface area contributed by atoms with Crippen LogP contribution in [0.25, 0.3) is 0 Å². The SMILES string of the molecule is COc1ccc2c(c1)CCCC2C(=O)Nc1cccc(C(N)=O)c1C. The number of hydrogen-bond acceptors (Lipinski definition) is 3. The fraction of sp³-hybridized carbons (Fsp3) is 0.300. The summed E-state index contributed by atoms with van der Waals surface area (Å²) in [6.07, 6.45) is 2.71. The summed E-state index contributed by atoms with van der Waals surface area (Å²) in [5, 5.41) is 2.97. The van der Waals surface area contributed by atoms with Gasteiger partial charge < -0.3 is 15.8 Å². The van der Waals surface area contributed by atoms with E-state index in [1.807, 2.05) is 18.2 Å². The summed E-state index contributed by atoms with van der Waals surface area (Å²) in [4.78, 5) is 24.3. The van der Waals surface area contributed by atoms with Gasteiger partial charge in [-0.25, -0.2) is 0 Å². The minimum atomic E-state index is -0.497. The average molecular weight is 338 g/mol. The maximum atomic E-state index is 12.9. The maximum Gasteiger partial charge on any atom is 0.249 e. The Morgan fingerprint density at radius 2 is 2.04 bits per heavy atom. The molecule has 0 saturated heterocycles. The third-order valence-electron chi connectivity index (χ3n) is 4.84. The molecule has 0 fully saturated rings. The molecule has 3 rings (SSSR count). The number of carbonyl (C=O) groups is 2. The third-order valence-corrected chi connectivity index (χ3v) is 4.84. The van der Waals surface area contributed by atoms with Crippen LogP contribution < -0.4 is 15.8 Å². The predicted octanol–water partition coefficient (Wildman–Crippen LogP) is 3.16. The second-order valence-electron chi connectivity index (χ2n) is 6.34. The Morgan fingerprint density at radius 1 is 1.24 bits per heavy atom. The third kappa shape index (κ3) is 3.36. The molecule has 1 aliphatic rings. The quantitative estimate of drug-likeness (QED) is 0.898. The molecule has 0 spiro atoms. The number of fused-ring (bicyclic) bond motifs is 1. The molecule has 0 radical (unpaired) electrons. The summed E-state index contributed by atoms with van der Waals surface area (Å²) in [5.41, 5.74) is 9.33. The topological polar surface area (TPSA) is 81.4 Å². The number of amides is 2. The van der Waals surface area contributed by atoms with E-state index in [0.29, 0.717) is 16.8 Å².